The first-order valence-electron chi connectivity index (χ1n) is 6.90. The van der Waals surface area contributed by atoms with Gasteiger partial charge in [0.15, 0.2) is 0 Å². The van der Waals surface area contributed by atoms with Crippen LogP contribution < -0.4 is 5.73 Å². The molecule has 2 aromatic rings. The van der Waals surface area contributed by atoms with Gasteiger partial charge in [-0.2, -0.15) is 4.98 Å². The summed E-state index contributed by atoms with van der Waals surface area (Å²) in [5.74, 6) is 1.58. The fourth-order valence-corrected chi connectivity index (χ4v) is 2.67. The summed E-state index contributed by atoms with van der Waals surface area (Å²) in [5.41, 5.74) is 8.37. The maximum Gasteiger partial charge on any atom is 0.231 e. The van der Waals surface area contributed by atoms with Crippen LogP contribution in [0.5, 0.6) is 0 Å². The highest BCUT2D eigenvalue weighted by atomic mass is 16.5. The molecule has 1 fully saturated rings. The van der Waals surface area contributed by atoms with Gasteiger partial charge < -0.3 is 10.3 Å². The predicted molar refractivity (Wildman–Crippen MR) is 73.7 cm³/mol. The summed E-state index contributed by atoms with van der Waals surface area (Å²) in [6, 6.07) is 8.30. The molecule has 2 N–H and O–H groups in total. The van der Waals surface area contributed by atoms with Crippen LogP contribution in [0.3, 0.4) is 0 Å². The Bertz CT molecular complexity index is 547. The summed E-state index contributed by atoms with van der Waals surface area (Å²) in [6.45, 7) is 2.06. The quantitative estimate of drug-likeness (QED) is 0.898. The van der Waals surface area contributed by atoms with Gasteiger partial charge in [-0.1, -0.05) is 47.8 Å². The summed E-state index contributed by atoms with van der Waals surface area (Å²) in [4.78, 5) is 4.53. The number of benzene rings is 1. The van der Waals surface area contributed by atoms with Crippen LogP contribution in [0, 0.1) is 6.92 Å². The summed E-state index contributed by atoms with van der Waals surface area (Å²) < 4.78 is 5.42. The van der Waals surface area contributed by atoms with Crippen LogP contribution >= 0.6 is 0 Å². The number of rotatable bonds is 2. The number of hydrogen-bond acceptors (Lipinski definition) is 4. The molecule has 3 rings (SSSR count). The first-order valence-corrected chi connectivity index (χ1v) is 6.90. The number of aryl methyl sites for hydroxylation is 1. The number of nitrogens with zero attached hydrogens (tertiary/aromatic N) is 2. The molecule has 1 aliphatic rings. The molecule has 0 amide bonds. The highest BCUT2D eigenvalue weighted by Crippen LogP contribution is 2.31. The molecule has 0 radical (unpaired) electrons. The van der Waals surface area contributed by atoms with E-state index in [2.05, 4.69) is 29.2 Å². The summed E-state index contributed by atoms with van der Waals surface area (Å²) in [5, 5.41) is 4.08. The van der Waals surface area contributed by atoms with E-state index < -0.39 is 0 Å². The van der Waals surface area contributed by atoms with Crippen molar-refractivity contribution in [3.8, 4) is 11.4 Å². The Morgan fingerprint density at radius 1 is 1.16 bits per heavy atom. The van der Waals surface area contributed by atoms with E-state index in [9.17, 15) is 0 Å². The largest absolute Gasteiger partial charge is 0.339 e. The lowest BCUT2D eigenvalue weighted by atomic mass is 9.85. The van der Waals surface area contributed by atoms with Gasteiger partial charge in [0, 0.05) is 11.6 Å². The Morgan fingerprint density at radius 3 is 2.63 bits per heavy atom. The molecule has 0 aliphatic heterocycles. The van der Waals surface area contributed by atoms with Crippen LogP contribution in [-0.2, 0) is 0 Å². The monoisotopic (exact) mass is 257 g/mol. The second-order valence-electron chi connectivity index (χ2n) is 5.38. The van der Waals surface area contributed by atoms with Crippen molar-refractivity contribution in [2.75, 3.05) is 0 Å². The molecule has 100 valence electrons. The Morgan fingerprint density at radius 2 is 1.89 bits per heavy atom. The fraction of sp³-hybridized carbons (Fsp3) is 0.467. The molecule has 0 saturated heterocycles. The number of nitrogens with two attached hydrogens (primary N) is 1. The Balaban J connectivity index is 1.84. The van der Waals surface area contributed by atoms with E-state index in [1.807, 2.05) is 12.1 Å². The number of hydrogen-bond donors (Lipinski definition) is 1. The van der Waals surface area contributed by atoms with Crippen molar-refractivity contribution < 1.29 is 4.52 Å². The van der Waals surface area contributed by atoms with E-state index in [0.717, 1.165) is 18.4 Å². The topological polar surface area (TPSA) is 64.9 Å². The minimum atomic E-state index is 0.153. The van der Waals surface area contributed by atoms with Crippen LogP contribution in [0.25, 0.3) is 11.4 Å². The molecular weight excluding hydrogens is 238 g/mol. The molecule has 1 saturated carbocycles. The van der Waals surface area contributed by atoms with E-state index in [-0.39, 0.29) is 12.0 Å². The normalized spacial score (nSPS) is 23.5. The summed E-state index contributed by atoms with van der Waals surface area (Å²) >= 11 is 0. The molecule has 19 heavy (non-hydrogen) atoms. The zero-order valence-electron chi connectivity index (χ0n) is 11.2. The van der Waals surface area contributed by atoms with Crippen LogP contribution in [0.15, 0.2) is 28.8 Å². The molecule has 4 heteroatoms. The van der Waals surface area contributed by atoms with Crippen LogP contribution in [-0.4, -0.2) is 16.2 Å². The smallest absolute Gasteiger partial charge is 0.231 e. The molecule has 1 aliphatic carbocycles. The third-order valence-electron chi connectivity index (χ3n) is 3.89. The average molecular weight is 257 g/mol. The standard InChI is InChI=1S/C15H19N3O/c1-10-6-8-11(9-7-10)14-17-15(19-18-14)12-4-2-3-5-13(12)16/h6-9,12-13H,2-5,16H2,1H3. The van der Waals surface area contributed by atoms with Crippen molar-refractivity contribution in [3.05, 3.63) is 35.7 Å². The molecule has 4 nitrogen and oxygen atoms in total. The summed E-state index contributed by atoms with van der Waals surface area (Å²) in [7, 11) is 0. The Labute approximate surface area is 113 Å². The molecule has 0 bridgehead atoms. The van der Waals surface area contributed by atoms with E-state index in [4.69, 9.17) is 10.3 Å². The highest BCUT2D eigenvalue weighted by Gasteiger charge is 2.28. The highest BCUT2D eigenvalue weighted by molar-refractivity contribution is 5.54. The van der Waals surface area contributed by atoms with Gasteiger partial charge in [0.2, 0.25) is 11.7 Å². The fourth-order valence-electron chi connectivity index (χ4n) is 2.67. The van der Waals surface area contributed by atoms with Crippen molar-refractivity contribution in [1.29, 1.82) is 0 Å². The number of aromatic nitrogens is 2. The van der Waals surface area contributed by atoms with Crippen LogP contribution in [0.1, 0.15) is 43.1 Å². The van der Waals surface area contributed by atoms with Gasteiger partial charge in [0.25, 0.3) is 0 Å². The van der Waals surface area contributed by atoms with Crippen molar-refractivity contribution in [3.63, 3.8) is 0 Å². The maximum absolute atomic E-state index is 6.15. The molecular formula is C15H19N3O. The average Bonchev–Trinajstić information content (AvgIpc) is 2.89. The van der Waals surface area contributed by atoms with Crippen molar-refractivity contribution in [2.45, 2.75) is 44.6 Å². The van der Waals surface area contributed by atoms with Gasteiger partial charge in [-0.25, -0.2) is 0 Å². The van der Waals surface area contributed by atoms with Gasteiger partial charge in [0.1, 0.15) is 0 Å². The maximum atomic E-state index is 6.15. The first-order chi connectivity index (χ1) is 9.24. The molecule has 2 unspecified atom stereocenters. The van der Waals surface area contributed by atoms with Crippen LogP contribution in [0.2, 0.25) is 0 Å². The van der Waals surface area contributed by atoms with Crippen molar-refractivity contribution in [1.82, 2.24) is 10.1 Å². The van der Waals surface area contributed by atoms with E-state index in [1.54, 1.807) is 0 Å². The molecule has 1 aromatic heterocycles. The van der Waals surface area contributed by atoms with Gasteiger partial charge in [-0.3, -0.25) is 0 Å². The zero-order valence-corrected chi connectivity index (χ0v) is 11.2. The third kappa shape index (κ3) is 2.54. The Kier molecular flexibility index (Phi) is 3.34. The first kappa shape index (κ1) is 12.4. The van der Waals surface area contributed by atoms with Crippen molar-refractivity contribution >= 4 is 0 Å². The SMILES string of the molecule is Cc1ccc(-c2noc(C3CCCCC3N)n2)cc1. The lowest BCUT2D eigenvalue weighted by molar-refractivity contribution is 0.290. The van der Waals surface area contributed by atoms with Crippen LogP contribution in [0.4, 0.5) is 0 Å². The molecule has 1 aromatic carbocycles. The van der Waals surface area contributed by atoms with E-state index in [1.165, 1.54) is 18.4 Å². The zero-order chi connectivity index (χ0) is 13.2. The third-order valence-corrected chi connectivity index (χ3v) is 3.89. The second-order valence-corrected chi connectivity index (χ2v) is 5.38. The lowest BCUT2D eigenvalue weighted by Crippen LogP contribution is -2.31. The van der Waals surface area contributed by atoms with E-state index >= 15 is 0 Å². The van der Waals surface area contributed by atoms with Gasteiger partial charge in [-0.15, -0.1) is 0 Å². The molecule has 2 atom stereocenters. The molecule has 1 heterocycles. The van der Waals surface area contributed by atoms with Gasteiger partial charge in [-0.05, 0) is 19.8 Å². The van der Waals surface area contributed by atoms with Gasteiger partial charge in [0.05, 0.1) is 5.92 Å². The minimum absolute atomic E-state index is 0.153. The summed E-state index contributed by atoms with van der Waals surface area (Å²) in [6.07, 6.45) is 4.50. The second kappa shape index (κ2) is 5.13. The minimum Gasteiger partial charge on any atom is -0.339 e. The molecule has 0 spiro atoms. The Hall–Kier alpha value is -1.68. The van der Waals surface area contributed by atoms with Gasteiger partial charge >= 0.3 is 0 Å². The lowest BCUT2D eigenvalue weighted by Gasteiger charge is -2.25. The predicted octanol–water partition coefficient (Wildman–Crippen LogP) is 3.03. The van der Waals surface area contributed by atoms with E-state index in [0.29, 0.717) is 11.7 Å². The van der Waals surface area contributed by atoms with Crippen molar-refractivity contribution in [2.24, 2.45) is 5.73 Å².